The van der Waals surface area contributed by atoms with E-state index in [0.29, 0.717) is 5.69 Å². The Labute approximate surface area is 88.6 Å². The quantitative estimate of drug-likeness (QED) is 0.830. The Hall–Kier alpha value is -1.00. The molecule has 1 aromatic heterocycles. The molecule has 3 nitrogen and oxygen atoms in total. The monoisotopic (exact) mass is 210 g/mol. The van der Waals surface area contributed by atoms with Crippen LogP contribution in [-0.2, 0) is 4.94 Å². The van der Waals surface area contributed by atoms with Crippen molar-refractivity contribution >= 4 is 0 Å². The van der Waals surface area contributed by atoms with Gasteiger partial charge in [0.2, 0.25) is 0 Å². The Bertz CT molecular complexity index is 288. The van der Waals surface area contributed by atoms with Gasteiger partial charge in [-0.3, -0.25) is 4.98 Å². The van der Waals surface area contributed by atoms with Gasteiger partial charge in [0.25, 0.3) is 0 Å². The second-order valence-electron chi connectivity index (χ2n) is 3.82. The minimum absolute atomic E-state index is 0.0404. The molecule has 1 aliphatic rings. The molecular weight excluding hydrogens is 195 g/mol. The number of hydrogen-bond donors (Lipinski definition) is 1. The van der Waals surface area contributed by atoms with E-state index in [-0.39, 0.29) is 6.04 Å². The average molecular weight is 210 g/mol. The van der Waals surface area contributed by atoms with Crippen molar-refractivity contribution in [2.75, 3.05) is 6.54 Å². The molecule has 2 atom stereocenters. The zero-order valence-electron chi connectivity index (χ0n) is 8.53. The van der Waals surface area contributed by atoms with Gasteiger partial charge in [-0.15, -0.1) is 0 Å². The van der Waals surface area contributed by atoms with E-state index in [1.54, 1.807) is 12.3 Å². The van der Waals surface area contributed by atoms with Gasteiger partial charge < -0.3 is 5.32 Å². The molecule has 1 aromatic rings. The van der Waals surface area contributed by atoms with Gasteiger partial charge in [-0.1, -0.05) is 12.5 Å². The summed E-state index contributed by atoms with van der Waals surface area (Å²) in [6, 6.07) is 5.49. The second kappa shape index (κ2) is 5.19. The predicted molar refractivity (Wildman–Crippen MR) is 54.8 cm³/mol. The topological polar surface area (TPSA) is 34.1 Å². The predicted octanol–water partition coefficient (Wildman–Crippen LogP) is 2.17. The molecule has 0 amide bonds. The highest BCUT2D eigenvalue weighted by molar-refractivity contribution is 5.09. The molecule has 4 heteroatoms. The third-order valence-electron chi connectivity index (χ3n) is 2.79. The Morgan fingerprint density at radius 2 is 2.40 bits per heavy atom. The molecule has 15 heavy (non-hydrogen) atoms. The Kier molecular flexibility index (Phi) is 3.64. The van der Waals surface area contributed by atoms with Crippen LogP contribution in [0.25, 0.3) is 0 Å². The van der Waals surface area contributed by atoms with Gasteiger partial charge in [-0.25, -0.2) is 0 Å². The summed E-state index contributed by atoms with van der Waals surface area (Å²) in [6.07, 6.45) is 4.28. The molecule has 2 heterocycles. The lowest BCUT2D eigenvalue weighted by molar-refractivity contribution is -0.194. The van der Waals surface area contributed by atoms with Crippen molar-refractivity contribution in [1.82, 2.24) is 10.3 Å². The lowest BCUT2D eigenvalue weighted by Gasteiger charge is -2.27. The van der Waals surface area contributed by atoms with E-state index >= 15 is 0 Å². The number of rotatable bonds is 3. The first-order valence-electron chi connectivity index (χ1n) is 5.33. The molecule has 1 aliphatic heterocycles. The van der Waals surface area contributed by atoms with Crippen molar-refractivity contribution in [2.24, 2.45) is 0 Å². The van der Waals surface area contributed by atoms with Crippen LogP contribution in [-0.4, -0.2) is 17.6 Å². The first-order valence-corrected chi connectivity index (χ1v) is 5.33. The van der Waals surface area contributed by atoms with E-state index in [2.05, 4.69) is 15.2 Å². The molecule has 82 valence electrons. The van der Waals surface area contributed by atoms with Gasteiger partial charge in [0.1, 0.15) is 0 Å². The zero-order valence-corrected chi connectivity index (χ0v) is 8.53. The molecule has 0 aromatic carbocycles. The van der Waals surface area contributed by atoms with E-state index in [4.69, 9.17) is 0 Å². The van der Waals surface area contributed by atoms with Gasteiger partial charge in [0.15, 0.2) is 6.10 Å². The van der Waals surface area contributed by atoms with Crippen LogP contribution >= 0.6 is 0 Å². The lowest BCUT2D eigenvalue weighted by Crippen LogP contribution is -2.39. The normalized spacial score (nSPS) is 23.7. The number of hydrogen-bond acceptors (Lipinski definition) is 3. The summed E-state index contributed by atoms with van der Waals surface area (Å²) in [7, 11) is 0. The lowest BCUT2D eigenvalue weighted by atomic mass is 9.98. The van der Waals surface area contributed by atoms with Crippen LogP contribution in [0.1, 0.15) is 31.1 Å². The minimum Gasteiger partial charge on any atom is -0.311 e. The molecule has 1 N–H and O–H groups in total. The standard InChI is InChI=1S/C11H15FN2O/c12-15-11(9-5-1-3-7-13-9)10-6-2-4-8-14-10/h1,3,5,7,10-11,14H,2,4,6,8H2. The Morgan fingerprint density at radius 1 is 1.47 bits per heavy atom. The molecule has 1 fully saturated rings. The average Bonchev–Trinajstić information content (AvgIpc) is 2.33. The fraction of sp³-hybridized carbons (Fsp3) is 0.545. The summed E-state index contributed by atoms with van der Waals surface area (Å²) in [4.78, 5) is 8.17. The van der Waals surface area contributed by atoms with E-state index in [0.717, 1.165) is 25.8 Å². The smallest absolute Gasteiger partial charge is 0.155 e. The van der Waals surface area contributed by atoms with Gasteiger partial charge >= 0.3 is 0 Å². The number of aromatic nitrogens is 1. The number of nitrogens with one attached hydrogen (secondary N) is 1. The second-order valence-corrected chi connectivity index (χ2v) is 3.82. The van der Waals surface area contributed by atoms with Crippen LogP contribution < -0.4 is 5.32 Å². The van der Waals surface area contributed by atoms with Gasteiger partial charge in [0.05, 0.1) is 5.69 Å². The van der Waals surface area contributed by atoms with Crippen molar-refractivity contribution in [3.05, 3.63) is 30.1 Å². The number of halogens is 1. The summed E-state index contributed by atoms with van der Waals surface area (Å²) in [6.45, 7) is 0.928. The van der Waals surface area contributed by atoms with E-state index in [1.165, 1.54) is 0 Å². The number of pyridine rings is 1. The molecule has 0 saturated carbocycles. The molecule has 0 spiro atoms. The van der Waals surface area contributed by atoms with Crippen molar-refractivity contribution in [1.29, 1.82) is 0 Å². The molecule has 0 aliphatic carbocycles. The Morgan fingerprint density at radius 3 is 3.00 bits per heavy atom. The summed E-state index contributed by atoms with van der Waals surface area (Å²) in [5, 5.41) is 3.26. The van der Waals surface area contributed by atoms with E-state index in [9.17, 15) is 4.53 Å². The van der Waals surface area contributed by atoms with Gasteiger partial charge in [-0.2, -0.15) is 4.94 Å². The third-order valence-corrected chi connectivity index (χ3v) is 2.79. The highest BCUT2D eigenvalue weighted by Gasteiger charge is 2.27. The van der Waals surface area contributed by atoms with Crippen molar-refractivity contribution in [3.63, 3.8) is 0 Å². The SMILES string of the molecule is FOC(c1ccccn1)C1CCCCN1. The maximum Gasteiger partial charge on any atom is 0.155 e. The first kappa shape index (κ1) is 10.5. The highest BCUT2D eigenvalue weighted by Crippen LogP contribution is 2.25. The first-order chi connectivity index (χ1) is 7.42. The van der Waals surface area contributed by atoms with Crippen LogP contribution in [0.4, 0.5) is 4.53 Å². The number of nitrogens with zero attached hydrogens (tertiary/aromatic N) is 1. The van der Waals surface area contributed by atoms with E-state index in [1.807, 2.05) is 12.1 Å². The van der Waals surface area contributed by atoms with Crippen molar-refractivity contribution in [2.45, 2.75) is 31.4 Å². The molecule has 1 saturated heterocycles. The summed E-state index contributed by atoms with van der Waals surface area (Å²) < 4.78 is 12.5. The van der Waals surface area contributed by atoms with Crippen LogP contribution in [0.15, 0.2) is 24.4 Å². The summed E-state index contributed by atoms with van der Waals surface area (Å²) >= 11 is 0. The summed E-state index contributed by atoms with van der Waals surface area (Å²) in [5.41, 5.74) is 0.652. The maximum absolute atomic E-state index is 12.5. The summed E-state index contributed by atoms with van der Waals surface area (Å²) in [5.74, 6) is 0. The van der Waals surface area contributed by atoms with Crippen LogP contribution in [0, 0.1) is 0 Å². The van der Waals surface area contributed by atoms with Crippen LogP contribution in [0.5, 0.6) is 0 Å². The highest BCUT2D eigenvalue weighted by atomic mass is 19.3. The fourth-order valence-electron chi connectivity index (χ4n) is 2.00. The van der Waals surface area contributed by atoms with Crippen LogP contribution in [0.3, 0.4) is 0 Å². The van der Waals surface area contributed by atoms with Crippen molar-refractivity contribution in [3.8, 4) is 0 Å². The largest absolute Gasteiger partial charge is 0.311 e. The molecule has 2 rings (SSSR count). The van der Waals surface area contributed by atoms with Crippen molar-refractivity contribution < 1.29 is 9.47 Å². The van der Waals surface area contributed by atoms with Crippen LogP contribution in [0.2, 0.25) is 0 Å². The molecule has 0 bridgehead atoms. The van der Waals surface area contributed by atoms with Gasteiger partial charge in [-0.05, 0) is 36.0 Å². The molecule has 0 radical (unpaired) electrons. The van der Waals surface area contributed by atoms with E-state index < -0.39 is 6.10 Å². The zero-order chi connectivity index (χ0) is 10.5. The Balaban J connectivity index is 2.09. The minimum atomic E-state index is -0.577. The maximum atomic E-state index is 12.5. The fourth-order valence-corrected chi connectivity index (χ4v) is 2.00. The number of piperidine rings is 1. The molecular formula is C11H15FN2O. The third kappa shape index (κ3) is 2.52. The molecule has 2 unspecified atom stereocenters. The van der Waals surface area contributed by atoms with Gasteiger partial charge in [0, 0.05) is 12.2 Å².